The Hall–Kier alpha value is -2.97. The summed E-state index contributed by atoms with van der Waals surface area (Å²) in [6.07, 6.45) is 0. The number of aromatic amines is 1. The number of nitrogens with one attached hydrogen (secondary N) is 1. The van der Waals surface area contributed by atoms with Crippen molar-refractivity contribution in [2.24, 2.45) is 0 Å². The fourth-order valence-corrected chi connectivity index (χ4v) is 3.51. The van der Waals surface area contributed by atoms with Gasteiger partial charge in [0.2, 0.25) is 0 Å². The number of non-ortho nitro benzene ring substituents is 1. The van der Waals surface area contributed by atoms with Crippen LogP contribution in [0.5, 0.6) is 0 Å². The van der Waals surface area contributed by atoms with Crippen molar-refractivity contribution in [3.63, 3.8) is 0 Å². The summed E-state index contributed by atoms with van der Waals surface area (Å²) in [7, 11) is 0. The van der Waals surface area contributed by atoms with Crippen molar-refractivity contribution in [1.82, 2.24) is 20.0 Å². The fraction of sp³-hybridized carbons (Fsp3) is 0.263. The molecule has 1 aliphatic rings. The highest BCUT2D eigenvalue weighted by Gasteiger charge is 2.26. The summed E-state index contributed by atoms with van der Waals surface area (Å²) in [5, 5.41) is 19.1. The molecule has 0 radical (unpaired) electrons. The molecule has 9 heteroatoms. The normalized spacial score (nSPS) is 15.1. The lowest BCUT2D eigenvalue weighted by Gasteiger charge is -2.34. The predicted octanol–water partition coefficient (Wildman–Crippen LogP) is 3.08. The fourth-order valence-electron chi connectivity index (χ4n) is 3.39. The lowest BCUT2D eigenvalue weighted by Crippen LogP contribution is -2.48. The molecule has 4 rings (SSSR count). The number of H-pyrrole nitrogens is 1. The van der Waals surface area contributed by atoms with Crippen LogP contribution >= 0.6 is 11.6 Å². The quantitative estimate of drug-likeness (QED) is 0.537. The van der Waals surface area contributed by atoms with Gasteiger partial charge in [0.25, 0.3) is 11.6 Å². The van der Waals surface area contributed by atoms with E-state index in [0.717, 1.165) is 19.6 Å². The first-order valence-corrected chi connectivity index (χ1v) is 9.27. The molecule has 1 saturated heterocycles. The van der Waals surface area contributed by atoms with Gasteiger partial charge in [-0.1, -0.05) is 23.7 Å². The van der Waals surface area contributed by atoms with Crippen LogP contribution in [0.4, 0.5) is 5.69 Å². The number of carbonyl (C=O) groups is 1. The number of benzene rings is 2. The highest BCUT2D eigenvalue weighted by Crippen LogP contribution is 2.23. The van der Waals surface area contributed by atoms with Crippen LogP contribution in [0.3, 0.4) is 0 Å². The molecule has 144 valence electrons. The second kappa shape index (κ2) is 7.57. The Balaban J connectivity index is 1.44. The van der Waals surface area contributed by atoms with Gasteiger partial charge >= 0.3 is 0 Å². The van der Waals surface area contributed by atoms with E-state index >= 15 is 0 Å². The number of aromatic nitrogens is 2. The minimum Gasteiger partial charge on any atom is -0.335 e. The zero-order valence-electron chi connectivity index (χ0n) is 15.0. The Bertz CT molecular complexity index is 1030. The number of rotatable bonds is 4. The third-order valence-corrected chi connectivity index (χ3v) is 5.19. The van der Waals surface area contributed by atoms with E-state index in [-0.39, 0.29) is 17.3 Å². The van der Waals surface area contributed by atoms with Gasteiger partial charge in [-0.15, -0.1) is 0 Å². The number of carbonyl (C=O) groups excluding carboxylic acids is 1. The van der Waals surface area contributed by atoms with Crippen LogP contribution in [-0.4, -0.2) is 57.0 Å². The summed E-state index contributed by atoms with van der Waals surface area (Å²) >= 11 is 5.92. The first-order chi connectivity index (χ1) is 13.5. The van der Waals surface area contributed by atoms with Crippen LogP contribution in [0.25, 0.3) is 10.9 Å². The summed E-state index contributed by atoms with van der Waals surface area (Å²) in [5.74, 6) is -0.210. The largest absolute Gasteiger partial charge is 0.335 e. The monoisotopic (exact) mass is 399 g/mol. The number of fused-ring (bicyclic) bond motifs is 1. The van der Waals surface area contributed by atoms with Crippen LogP contribution in [0.2, 0.25) is 5.02 Å². The molecule has 0 saturated carbocycles. The standard InChI is InChI=1S/C19H18ClN5O3/c20-14-3-1-13(2-4-14)12-23-7-9-24(10-8-23)19(26)18-16-11-15(25(27)28)5-6-17(16)21-22-18/h1-6,11H,7-10,12H2,(H,21,22). The molecule has 0 spiro atoms. The molecule has 2 aromatic carbocycles. The van der Waals surface area contributed by atoms with E-state index in [1.807, 2.05) is 24.3 Å². The Labute approximate surface area is 165 Å². The van der Waals surface area contributed by atoms with Gasteiger partial charge in [0.1, 0.15) is 0 Å². The number of nitrogens with zero attached hydrogens (tertiary/aromatic N) is 4. The van der Waals surface area contributed by atoms with E-state index in [4.69, 9.17) is 11.6 Å². The number of amides is 1. The predicted molar refractivity (Wildman–Crippen MR) is 105 cm³/mol. The molecule has 0 bridgehead atoms. The minimum absolute atomic E-state index is 0.0595. The van der Waals surface area contributed by atoms with Gasteiger partial charge in [-0.05, 0) is 23.8 Å². The second-order valence-corrected chi connectivity index (χ2v) is 7.19. The van der Waals surface area contributed by atoms with Gasteiger partial charge in [-0.2, -0.15) is 5.10 Å². The van der Waals surface area contributed by atoms with E-state index < -0.39 is 4.92 Å². The molecule has 0 aliphatic carbocycles. The van der Waals surface area contributed by atoms with Crippen molar-refractivity contribution in [1.29, 1.82) is 0 Å². The molecule has 2 heterocycles. The third-order valence-electron chi connectivity index (χ3n) is 4.94. The van der Waals surface area contributed by atoms with Gasteiger partial charge in [0.15, 0.2) is 5.69 Å². The second-order valence-electron chi connectivity index (χ2n) is 6.75. The van der Waals surface area contributed by atoms with Gasteiger partial charge in [0, 0.05) is 55.3 Å². The van der Waals surface area contributed by atoms with Gasteiger partial charge in [0.05, 0.1) is 10.4 Å². The lowest BCUT2D eigenvalue weighted by molar-refractivity contribution is -0.384. The summed E-state index contributed by atoms with van der Waals surface area (Å²) in [5.41, 5.74) is 1.95. The molecule has 3 aromatic rings. The number of hydrogen-bond donors (Lipinski definition) is 1. The zero-order valence-corrected chi connectivity index (χ0v) is 15.7. The molecule has 1 N–H and O–H groups in total. The summed E-state index contributed by atoms with van der Waals surface area (Å²) in [6.45, 7) is 3.45. The first kappa shape index (κ1) is 18.4. The van der Waals surface area contributed by atoms with Crippen molar-refractivity contribution >= 4 is 34.1 Å². The molecule has 1 amide bonds. The molecule has 1 aliphatic heterocycles. The van der Waals surface area contributed by atoms with Crippen LogP contribution in [0.15, 0.2) is 42.5 Å². The Morgan fingerprint density at radius 3 is 2.54 bits per heavy atom. The number of halogens is 1. The average Bonchev–Trinajstić information content (AvgIpc) is 3.13. The molecule has 0 atom stereocenters. The molecular weight excluding hydrogens is 382 g/mol. The summed E-state index contributed by atoms with van der Waals surface area (Å²) in [6, 6.07) is 12.1. The van der Waals surface area contributed by atoms with Crippen molar-refractivity contribution in [3.05, 3.63) is 68.9 Å². The lowest BCUT2D eigenvalue weighted by atomic mass is 10.1. The van der Waals surface area contributed by atoms with Crippen molar-refractivity contribution < 1.29 is 9.72 Å². The minimum atomic E-state index is -0.476. The van der Waals surface area contributed by atoms with Crippen molar-refractivity contribution in [3.8, 4) is 0 Å². The Kier molecular flexibility index (Phi) is 4.97. The Morgan fingerprint density at radius 2 is 1.86 bits per heavy atom. The van der Waals surface area contributed by atoms with Gasteiger partial charge in [-0.25, -0.2) is 0 Å². The van der Waals surface area contributed by atoms with E-state index in [2.05, 4.69) is 15.1 Å². The molecular formula is C19H18ClN5O3. The van der Waals surface area contributed by atoms with Crippen molar-refractivity contribution in [2.75, 3.05) is 26.2 Å². The number of piperazine rings is 1. The molecule has 1 aromatic heterocycles. The maximum absolute atomic E-state index is 12.9. The highest BCUT2D eigenvalue weighted by atomic mass is 35.5. The average molecular weight is 400 g/mol. The van der Waals surface area contributed by atoms with Crippen LogP contribution in [0.1, 0.15) is 16.1 Å². The van der Waals surface area contributed by atoms with E-state index in [1.54, 1.807) is 11.0 Å². The Morgan fingerprint density at radius 1 is 1.14 bits per heavy atom. The summed E-state index contributed by atoms with van der Waals surface area (Å²) in [4.78, 5) is 27.5. The topological polar surface area (TPSA) is 95.4 Å². The number of nitro benzene ring substituents is 1. The molecule has 0 unspecified atom stereocenters. The molecule has 8 nitrogen and oxygen atoms in total. The van der Waals surface area contributed by atoms with Crippen molar-refractivity contribution in [2.45, 2.75) is 6.54 Å². The molecule has 1 fully saturated rings. The summed E-state index contributed by atoms with van der Waals surface area (Å²) < 4.78 is 0. The van der Waals surface area contributed by atoms with E-state index in [0.29, 0.717) is 29.0 Å². The van der Waals surface area contributed by atoms with E-state index in [9.17, 15) is 14.9 Å². The zero-order chi connectivity index (χ0) is 19.7. The van der Waals surface area contributed by atoms with Crippen LogP contribution in [-0.2, 0) is 6.54 Å². The van der Waals surface area contributed by atoms with Gasteiger partial charge in [-0.3, -0.25) is 24.9 Å². The molecule has 28 heavy (non-hydrogen) atoms. The maximum Gasteiger partial charge on any atom is 0.275 e. The SMILES string of the molecule is O=C(c1n[nH]c2ccc([N+](=O)[O-])cc12)N1CCN(Cc2ccc(Cl)cc2)CC1. The highest BCUT2D eigenvalue weighted by molar-refractivity contribution is 6.30. The number of hydrogen-bond acceptors (Lipinski definition) is 5. The van der Waals surface area contributed by atoms with Crippen LogP contribution in [0, 0.1) is 10.1 Å². The van der Waals surface area contributed by atoms with Gasteiger partial charge < -0.3 is 4.90 Å². The third kappa shape index (κ3) is 3.69. The maximum atomic E-state index is 12.9. The van der Waals surface area contributed by atoms with E-state index in [1.165, 1.54) is 17.7 Å². The smallest absolute Gasteiger partial charge is 0.275 e. The number of nitro groups is 1. The first-order valence-electron chi connectivity index (χ1n) is 8.90. The van der Waals surface area contributed by atoms with Crippen LogP contribution < -0.4 is 0 Å².